The van der Waals surface area contributed by atoms with Gasteiger partial charge in [0.05, 0.1) is 5.56 Å². The van der Waals surface area contributed by atoms with Gasteiger partial charge in [-0.25, -0.2) is 4.98 Å². The zero-order chi connectivity index (χ0) is 13.9. The third kappa shape index (κ3) is 3.47. The second kappa shape index (κ2) is 5.90. The van der Waals surface area contributed by atoms with Gasteiger partial charge in [-0.1, -0.05) is 6.92 Å². The minimum Gasteiger partial charge on any atom is -0.369 e. The fourth-order valence-corrected chi connectivity index (χ4v) is 2.50. The number of aromatic nitrogens is 1. The zero-order valence-corrected chi connectivity index (χ0v) is 13.0. The highest BCUT2D eigenvalue weighted by Gasteiger charge is 2.33. The molecule has 1 aliphatic carbocycles. The first-order chi connectivity index (χ1) is 9.04. The maximum atomic E-state index is 12.4. The molecule has 2 rings (SSSR count). The van der Waals surface area contributed by atoms with E-state index in [1.807, 2.05) is 6.07 Å². The number of anilines is 1. The number of hydrogen-bond donors (Lipinski definition) is 2. The molecule has 0 bridgehead atoms. The van der Waals surface area contributed by atoms with Crippen LogP contribution in [0.15, 0.2) is 16.7 Å². The molecule has 0 radical (unpaired) electrons. The van der Waals surface area contributed by atoms with Crippen molar-refractivity contribution in [3.63, 3.8) is 0 Å². The van der Waals surface area contributed by atoms with Gasteiger partial charge in [0.15, 0.2) is 0 Å². The standard InChI is InChI=1S/C14H20BrN3O/c1-3-7-16-12-11(8-10(15)9-17-12)13(19)18-14(2)5-4-6-14/h8-9H,3-7H2,1-2H3,(H,16,17)(H,18,19). The molecule has 1 aromatic rings. The third-order valence-corrected chi connectivity index (χ3v) is 3.95. The van der Waals surface area contributed by atoms with E-state index < -0.39 is 0 Å². The molecule has 104 valence electrons. The second-order valence-corrected chi connectivity index (χ2v) is 6.26. The molecule has 1 aliphatic rings. The molecule has 0 saturated heterocycles. The molecule has 1 aromatic heterocycles. The number of pyridine rings is 1. The van der Waals surface area contributed by atoms with Crippen LogP contribution in [0.4, 0.5) is 5.82 Å². The van der Waals surface area contributed by atoms with Gasteiger partial charge in [0, 0.05) is 22.8 Å². The van der Waals surface area contributed by atoms with Crippen LogP contribution in [0.2, 0.25) is 0 Å². The lowest BCUT2D eigenvalue weighted by molar-refractivity contribution is 0.0851. The Kier molecular flexibility index (Phi) is 4.45. The van der Waals surface area contributed by atoms with Crippen LogP contribution in [0.1, 0.15) is 49.9 Å². The molecular formula is C14H20BrN3O. The first-order valence-corrected chi connectivity index (χ1v) is 7.55. The predicted molar refractivity (Wildman–Crippen MR) is 80.4 cm³/mol. The normalized spacial score (nSPS) is 16.6. The van der Waals surface area contributed by atoms with E-state index in [0.717, 1.165) is 30.3 Å². The average molecular weight is 326 g/mol. The number of halogens is 1. The highest BCUT2D eigenvalue weighted by atomic mass is 79.9. The lowest BCUT2D eigenvalue weighted by Gasteiger charge is -2.39. The quantitative estimate of drug-likeness (QED) is 0.873. The summed E-state index contributed by atoms with van der Waals surface area (Å²) in [4.78, 5) is 16.7. The number of nitrogens with zero attached hydrogens (tertiary/aromatic N) is 1. The summed E-state index contributed by atoms with van der Waals surface area (Å²) in [5.41, 5.74) is 0.567. The van der Waals surface area contributed by atoms with E-state index in [9.17, 15) is 4.79 Å². The van der Waals surface area contributed by atoms with Crippen molar-refractivity contribution in [3.05, 3.63) is 22.3 Å². The summed E-state index contributed by atoms with van der Waals surface area (Å²) in [6.45, 7) is 4.99. The Bertz CT molecular complexity index is 472. The van der Waals surface area contributed by atoms with E-state index in [-0.39, 0.29) is 11.4 Å². The highest BCUT2D eigenvalue weighted by molar-refractivity contribution is 9.10. The first-order valence-electron chi connectivity index (χ1n) is 6.76. The molecule has 1 saturated carbocycles. The summed E-state index contributed by atoms with van der Waals surface area (Å²) in [6, 6.07) is 1.82. The van der Waals surface area contributed by atoms with Gasteiger partial charge < -0.3 is 10.6 Å². The topological polar surface area (TPSA) is 54.0 Å². The predicted octanol–water partition coefficient (Wildman–Crippen LogP) is 3.34. The fraction of sp³-hybridized carbons (Fsp3) is 0.571. The summed E-state index contributed by atoms with van der Waals surface area (Å²) >= 11 is 3.37. The molecule has 4 nitrogen and oxygen atoms in total. The Hall–Kier alpha value is -1.10. The summed E-state index contributed by atoms with van der Waals surface area (Å²) in [6.07, 6.45) is 6.00. The van der Waals surface area contributed by atoms with Crippen LogP contribution < -0.4 is 10.6 Å². The van der Waals surface area contributed by atoms with E-state index in [1.165, 1.54) is 6.42 Å². The Balaban J connectivity index is 2.16. The van der Waals surface area contributed by atoms with Gasteiger partial charge in [-0.15, -0.1) is 0 Å². The van der Waals surface area contributed by atoms with E-state index in [0.29, 0.717) is 11.4 Å². The average Bonchev–Trinajstić information content (AvgIpc) is 2.35. The maximum Gasteiger partial charge on any atom is 0.255 e. The minimum absolute atomic E-state index is 0.0403. The molecule has 0 aromatic carbocycles. The fourth-order valence-electron chi connectivity index (χ4n) is 2.17. The van der Waals surface area contributed by atoms with Crippen LogP contribution in [0.25, 0.3) is 0 Å². The van der Waals surface area contributed by atoms with E-state index >= 15 is 0 Å². The van der Waals surface area contributed by atoms with Gasteiger partial charge in [0.2, 0.25) is 0 Å². The third-order valence-electron chi connectivity index (χ3n) is 3.51. The molecular weight excluding hydrogens is 306 g/mol. The molecule has 19 heavy (non-hydrogen) atoms. The van der Waals surface area contributed by atoms with Crippen LogP contribution in [0.3, 0.4) is 0 Å². The lowest BCUT2D eigenvalue weighted by atomic mass is 9.78. The molecule has 2 N–H and O–H groups in total. The smallest absolute Gasteiger partial charge is 0.255 e. The molecule has 0 spiro atoms. The van der Waals surface area contributed by atoms with Gasteiger partial charge in [-0.3, -0.25) is 4.79 Å². The Morgan fingerprint density at radius 2 is 2.26 bits per heavy atom. The maximum absolute atomic E-state index is 12.4. The molecule has 0 unspecified atom stereocenters. The van der Waals surface area contributed by atoms with Gasteiger partial charge in [-0.2, -0.15) is 0 Å². The van der Waals surface area contributed by atoms with Crippen LogP contribution in [0.5, 0.6) is 0 Å². The van der Waals surface area contributed by atoms with Gasteiger partial charge in [0.1, 0.15) is 5.82 Å². The molecule has 1 amide bonds. The number of nitrogens with one attached hydrogen (secondary N) is 2. The van der Waals surface area contributed by atoms with Gasteiger partial charge in [-0.05, 0) is 54.6 Å². The number of carbonyl (C=O) groups is 1. The molecule has 0 aliphatic heterocycles. The van der Waals surface area contributed by atoms with Crippen LogP contribution >= 0.6 is 15.9 Å². The lowest BCUT2D eigenvalue weighted by Crippen LogP contribution is -2.51. The van der Waals surface area contributed by atoms with Crippen LogP contribution in [-0.4, -0.2) is 23.0 Å². The monoisotopic (exact) mass is 325 g/mol. The minimum atomic E-state index is -0.0467. The van der Waals surface area contributed by atoms with Gasteiger partial charge >= 0.3 is 0 Å². The van der Waals surface area contributed by atoms with Crippen molar-refractivity contribution in [1.29, 1.82) is 0 Å². The Labute approximate surface area is 122 Å². The molecule has 1 heterocycles. The van der Waals surface area contributed by atoms with Gasteiger partial charge in [0.25, 0.3) is 5.91 Å². The van der Waals surface area contributed by atoms with Crippen molar-refractivity contribution in [2.75, 3.05) is 11.9 Å². The van der Waals surface area contributed by atoms with Crippen LogP contribution in [-0.2, 0) is 0 Å². The van der Waals surface area contributed by atoms with Crippen molar-refractivity contribution in [2.45, 2.75) is 45.1 Å². The van der Waals surface area contributed by atoms with Crippen LogP contribution in [0, 0.1) is 0 Å². The SMILES string of the molecule is CCCNc1ncc(Br)cc1C(=O)NC1(C)CCC1. The summed E-state index contributed by atoms with van der Waals surface area (Å²) in [5.74, 6) is 0.611. The Morgan fingerprint density at radius 1 is 1.53 bits per heavy atom. The zero-order valence-electron chi connectivity index (χ0n) is 11.4. The van der Waals surface area contributed by atoms with E-state index in [2.05, 4.69) is 45.4 Å². The van der Waals surface area contributed by atoms with Crippen molar-refractivity contribution in [1.82, 2.24) is 10.3 Å². The summed E-state index contributed by atoms with van der Waals surface area (Å²) in [7, 11) is 0. The number of hydrogen-bond acceptors (Lipinski definition) is 3. The highest BCUT2D eigenvalue weighted by Crippen LogP contribution is 2.31. The number of carbonyl (C=O) groups excluding carboxylic acids is 1. The number of rotatable bonds is 5. The molecule has 0 atom stereocenters. The summed E-state index contributed by atoms with van der Waals surface area (Å²) < 4.78 is 0.818. The molecule has 5 heteroatoms. The largest absolute Gasteiger partial charge is 0.369 e. The molecule has 1 fully saturated rings. The van der Waals surface area contributed by atoms with E-state index in [4.69, 9.17) is 0 Å². The van der Waals surface area contributed by atoms with Crippen molar-refractivity contribution in [3.8, 4) is 0 Å². The number of amides is 1. The van der Waals surface area contributed by atoms with E-state index in [1.54, 1.807) is 6.20 Å². The Morgan fingerprint density at radius 3 is 2.84 bits per heavy atom. The van der Waals surface area contributed by atoms with Crippen molar-refractivity contribution >= 4 is 27.7 Å². The first kappa shape index (κ1) is 14.3. The summed E-state index contributed by atoms with van der Waals surface area (Å²) in [5, 5.41) is 6.31. The van der Waals surface area contributed by atoms with Crippen molar-refractivity contribution in [2.24, 2.45) is 0 Å². The van der Waals surface area contributed by atoms with Crippen molar-refractivity contribution < 1.29 is 4.79 Å². The second-order valence-electron chi connectivity index (χ2n) is 5.34.